The van der Waals surface area contributed by atoms with Gasteiger partial charge in [-0.1, -0.05) is 6.07 Å². The van der Waals surface area contributed by atoms with Gasteiger partial charge in [0, 0.05) is 19.2 Å². The first-order chi connectivity index (χ1) is 10.1. The van der Waals surface area contributed by atoms with Gasteiger partial charge in [-0.25, -0.2) is 0 Å². The van der Waals surface area contributed by atoms with Crippen LogP contribution in [-0.2, 0) is 11.3 Å². The molecule has 0 aliphatic rings. The lowest BCUT2D eigenvalue weighted by molar-refractivity contribution is -0.116. The largest absolute Gasteiger partial charge is 0.495 e. The molecule has 21 heavy (non-hydrogen) atoms. The number of hydrogen-bond donors (Lipinski definition) is 1. The second-order valence-corrected chi connectivity index (χ2v) is 4.75. The third-order valence-corrected chi connectivity index (χ3v) is 3.19. The maximum absolute atomic E-state index is 12.0. The molecule has 0 radical (unpaired) electrons. The van der Waals surface area contributed by atoms with Gasteiger partial charge in [0.15, 0.2) is 6.29 Å². The average Bonchev–Trinajstić information content (AvgIpc) is 2.93. The summed E-state index contributed by atoms with van der Waals surface area (Å²) in [4.78, 5) is 22.8. The fourth-order valence-electron chi connectivity index (χ4n) is 2.09. The first-order valence-electron chi connectivity index (χ1n) is 6.69. The van der Waals surface area contributed by atoms with Crippen LogP contribution in [0, 0.1) is 6.92 Å². The minimum Gasteiger partial charge on any atom is -0.495 e. The van der Waals surface area contributed by atoms with Gasteiger partial charge >= 0.3 is 0 Å². The van der Waals surface area contributed by atoms with Gasteiger partial charge in [-0.3, -0.25) is 9.59 Å². The Morgan fingerprint density at radius 2 is 2.19 bits per heavy atom. The molecule has 1 heterocycles. The Balaban J connectivity index is 1.99. The van der Waals surface area contributed by atoms with Gasteiger partial charge < -0.3 is 14.6 Å². The lowest BCUT2D eigenvalue weighted by Gasteiger charge is -2.11. The molecule has 2 aromatic rings. The first-order valence-corrected chi connectivity index (χ1v) is 6.69. The fraction of sp³-hybridized carbons (Fsp3) is 0.250. The molecule has 0 unspecified atom stereocenters. The van der Waals surface area contributed by atoms with Crippen LogP contribution >= 0.6 is 0 Å². The number of aldehydes is 1. The van der Waals surface area contributed by atoms with Crippen molar-refractivity contribution < 1.29 is 14.3 Å². The van der Waals surface area contributed by atoms with Crippen LogP contribution in [0.3, 0.4) is 0 Å². The third-order valence-electron chi connectivity index (χ3n) is 3.19. The Labute approximate surface area is 123 Å². The topological polar surface area (TPSA) is 60.3 Å². The van der Waals surface area contributed by atoms with Crippen molar-refractivity contribution in [2.45, 2.75) is 19.9 Å². The summed E-state index contributed by atoms with van der Waals surface area (Å²) in [6.07, 6.45) is 2.85. The second kappa shape index (κ2) is 6.74. The predicted octanol–water partition coefficient (Wildman–Crippen LogP) is 2.65. The summed E-state index contributed by atoms with van der Waals surface area (Å²) in [5.41, 5.74) is 2.27. The summed E-state index contributed by atoms with van der Waals surface area (Å²) in [5.74, 6) is 0.507. The Kier molecular flexibility index (Phi) is 4.77. The minimum absolute atomic E-state index is 0.121. The van der Waals surface area contributed by atoms with E-state index in [4.69, 9.17) is 4.74 Å². The van der Waals surface area contributed by atoms with Gasteiger partial charge in [-0.15, -0.1) is 0 Å². The van der Waals surface area contributed by atoms with Crippen molar-refractivity contribution in [3.63, 3.8) is 0 Å². The summed E-state index contributed by atoms with van der Waals surface area (Å²) >= 11 is 0. The summed E-state index contributed by atoms with van der Waals surface area (Å²) < 4.78 is 6.97. The van der Waals surface area contributed by atoms with E-state index in [1.54, 1.807) is 30.0 Å². The fourth-order valence-corrected chi connectivity index (χ4v) is 2.09. The molecule has 1 aromatic heterocycles. The van der Waals surface area contributed by atoms with Gasteiger partial charge in [0.1, 0.15) is 5.75 Å². The number of methoxy groups -OCH3 is 1. The van der Waals surface area contributed by atoms with Gasteiger partial charge in [-0.05, 0) is 36.8 Å². The van der Waals surface area contributed by atoms with E-state index in [1.807, 2.05) is 25.1 Å². The van der Waals surface area contributed by atoms with E-state index in [-0.39, 0.29) is 12.3 Å². The molecule has 5 heteroatoms. The van der Waals surface area contributed by atoms with E-state index in [0.717, 1.165) is 11.8 Å². The number of carbonyl (C=O) groups is 2. The molecule has 5 nitrogen and oxygen atoms in total. The number of amides is 1. The molecule has 110 valence electrons. The zero-order valence-corrected chi connectivity index (χ0v) is 12.1. The molecule has 0 saturated carbocycles. The molecule has 0 aliphatic heterocycles. The highest BCUT2D eigenvalue weighted by atomic mass is 16.5. The summed E-state index contributed by atoms with van der Waals surface area (Å²) in [6.45, 7) is 2.41. The van der Waals surface area contributed by atoms with Gasteiger partial charge in [0.25, 0.3) is 0 Å². The maximum Gasteiger partial charge on any atom is 0.226 e. The standard InChI is InChI=1S/C16H18N2O3/c1-12-5-6-15(21-2)14(10-12)17-16(20)7-9-18-8-3-4-13(18)11-19/h3-6,8,10-11H,7,9H2,1-2H3,(H,17,20). The number of hydrogen-bond acceptors (Lipinski definition) is 3. The number of nitrogens with one attached hydrogen (secondary N) is 1. The average molecular weight is 286 g/mol. The van der Waals surface area contributed by atoms with Crippen molar-refractivity contribution in [2.24, 2.45) is 0 Å². The molecule has 0 atom stereocenters. The number of nitrogens with zero attached hydrogens (tertiary/aromatic N) is 1. The molecule has 1 amide bonds. The summed E-state index contributed by atoms with van der Waals surface area (Å²) in [7, 11) is 1.57. The van der Waals surface area contributed by atoms with Crippen molar-refractivity contribution in [1.82, 2.24) is 4.57 Å². The van der Waals surface area contributed by atoms with Crippen molar-refractivity contribution in [3.8, 4) is 5.75 Å². The monoisotopic (exact) mass is 286 g/mol. The number of rotatable bonds is 6. The Bertz CT molecular complexity index is 647. The quantitative estimate of drug-likeness (QED) is 0.830. The molecular formula is C16H18N2O3. The zero-order valence-electron chi connectivity index (χ0n) is 12.1. The van der Waals surface area contributed by atoms with E-state index in [2.05, 4.69) is 5.32 Å². The summed E-state index contributed by atoms with van der Waals surface area (Å²) in [6, 6.07) is 9.11. The number of aromatic nitrogens is 1. The van der Waals surface area contributed by atoms with Crippen molar-refractivity contribution >= 4 is 17.9 Å². The van der Waals surface area contributed by atoms with Crippen LogP contribution in [0.5, 0.6) is 5.75 Å². The molecule has 2 rings (SSSR count). The number of aryl methyl sites for hydroxylation is 2. The van der Waals surface area contributed by atoms with Crippen molar-refractivity contribution in [2.75, 3.05) is 12.4 Å². The van der Waals surface area contributed by atoms with Crippen molar-refractivity contribution in [3.05, 3.63) is 47.8 Å². The smallest absolute Gasteiger partial charge is 0.226 e. The third kappa shape index (κ3) is 3.72. The van der Waals surface area contributed by atoms with E-state index >= 15 is 0 Å². The molecule has 1 aromatic carbocycles. The summed E-state index contributed by atoms with van der Waals surface area (Å²) in [5, 5.41) is 2.84. The first kappa shape index (κ1) is 14.8. The highest BCUT2D eigenvalue weighted by Gasteiger charge is 2.09. The number of anilines is 1. The van der Waals surface area contributed by atoms with Crippen LogP contribution in [0.2, 0.25) is 0 Å². The molecule has 1 N–H and O–H groups in total. The highest BCUT2D eigenvalue weighted by Crippen LogP contribution is 2.25. The molecule has 0 fully saturated rings. The van der Waals surface area contributed by atoms with Gasteiger partial charge in [0.2, 0.25) is 5.91 Å². The predicted molar refractivity (Wildman–Crippen MR) is 80.8 cm³/mol. The van der Waals surface area contributed by atoms with E-state index in [0.29, 0.717) is 23.7 Å². The lowest BCUT2D eigenvalue weighted by Crippen LogP contribution is -2.15. The molecule has 0 aliphatic carbocycles. The van der Waals surface area contributed by atoms with Crippen LogP contribution in [-0.4, -0.2) is 23.9 Å². The van der Waals surface area contributed by atoms with Crippen LogP contribution < -0.4 is 10.1 Å². The molecule has 0 saturated heterocycles. The van der Waals surface area contributed by atoms with Crippen LogP contribution in [0.4, 0.5) is 5.69 Å². The highest BCUT2D eigenvalue weighted by molar-refractivity contribution is 5.92. The SMILES string of the molecule is COc1ccc(C)cc1NC(=O)CCn1cccc1C=O. The van der Waals surface area contributed by atoms with Gasteiger partial charge in [0.05, 0.1) is 18.5 Å². The molecule has 0 spiro atoms. The van der Waals surface area contributed by atoms with Crippen LogP contribution in [0.1, 0.15) is 22.5 Å². The van der Waals surface area contributed by atoms with Gasteiger partial charge in [-0.2, -0.15) is 0 Å². The Morgan fingerprint density at radius 1 is 1.38 bits per heavy atom. The minimum atomic E-state index is -0.121. The maximum atomic E-state index is 12.0. The van der Waals surface area contributed by atoms with Crippen LogP contribution in [0.25, 0.3) is 0 Å². The van der Waals surface area contributed by atoms with E-state index in [1.165, 1.54) is 0 Å². The zero-order chi connectivity index (χ0) is 15.2. The molecular weight excluding hydrogens is 268 g/mol. The number of ether oxygens (including phenoxy) is 1. The molecule has 0 bridgehead atoms. The lowest BCUT2D eigenvalue weighted by atomic mass is 10.2. The normalized spacial score (nSPS) is 10.2. The Hall–Kier alpha value is -2.56. The van der Waals surface area contributed by atoms with Crippen LogP contribution in [0.15, 0.2) is 36.5 Å². The second-order valence-electron chi connectivity index (χ2n) is 4.75. The van der Waals surface area contributed by atoms with E-state index < -0.39 is 0 Å². The Morgan fingerprint density at radius 3 is 2.90 bits per heavy atom. The number of carbonyl (C=O) groups excluding carboxylic acids is 2. The van der Waals surface area contributed by atoms with E-state index in [9.17, 15) is 9.59 Å². The number of benzene rings is 1. The van der Waals surface area contributed by atoms with Crippen molar-refractivity contribution in [1.29, 1.82) is 0 Å².